The quantitative estimate of drug-likeness (QED) is 0.179. The maximum atomic E-state index is 9.55. The average Bonchev–Trinajstić information content (AvgIpc) is 3.91. The van der Waals surface area contributed by atoms with E-state index in [0.717, 1.165) is 33.0 Å². The monoisotopic (exact) mass is 700 g/mol. The fraction of sp³-hybridized carbons (Fsp3) is 0. The summed E-state index contributed by atoms with van der Waals surface area (Å²) in [5.74, 6) is 1.20. The number of benzene rings is 8. The lowest BCUT2D eigenvalue weighted by Gasteiger charge is -2.11. The lowest BCUT2D eigenvalue weighted by Crippen LogP contribution is -2.00. The Morgan fingerprint density at radius 1 is 0.389 bits per heavy atom. The molecule has 8 aromatic carbocycles. The molecule has 0 radical (unpaired) electrons. The lowest BCUT2D eigenvalue weighted by atomic mass is 9.95. The van der Waals surface area contributed by atoms with Crippen LogP contribution in [0.1, 0.15) is 12.3 Å². The van der Waals surface area contributed by atoms with Gasteiger partial charge in [0.15, 0.2) is 17.5 Å². The van der Waals surface area contributed by atoms with Gasteiger partial charge in [0.1, 0.15) is 22.3 Å². The molecule has 3 aromatic heterocycles. The fourth-order valence-corrected chi connectivity index (χ4v) is 7.15. The first-order valence-corrected chi connectivity index (χ1v) is 17.3. The molecule has 0 aliphatic rings. The summed E-state index contributed by atoms with van der Waals surface area (Å²) < 4.78 is 90.9. The van der Waals surface area contributed by atoms with Crippen molar-refractivity contribution in [3.05, 3.63) is 176 Å². The molecule has 252 valence electrons. The first kappa shape index (κ1) is 22.5. The molecule has 0 saturated heterocycles. The lowest BCUT2D eigenvalue weighted by molar-refractivity contribution is 0.669. The van der Waals surface area contributed by atoms with Gasteiger partial charge >= 0.3 is 0 Å². The zero-order valence-corrected chi connectivity index (χ0v) is 28.2. The molecule has 0 N–H and O–H groups in total. The zero-order chi connectivity index (χ0) is 43.4. The van der Waals surface area contributed by atoms with Crippen molar-refractivity contribution in [1.82, 2.24) is 15.0 Å². The second kappa shape index (κ2) is 12.1. The van der Waals surface area contributed by atoms with Gasteiger partial charge in [-0.3, -0.25) is 0 Å². The van der Waals surface area contributed by atoms with E-state index in [-0.39, 0.29) is 44.3 Å². The maximum absolute atomic E-state index is 9.55. The maximum Gasteiger partial charge on any atom is 0.164 e. The number of furan rings is 2. The summed E-state index contributed by atoms with van der Waals surface area (Å²) in [7, 11) is 0. The molecule has 0 atom stereocenters. The summed E-state index contributed by atoms with van der Waals surface area (Å²) in [6.45, 7) is 0. The van der Waals surface area contributed by atoms with Gasteiger partial charge in [0.2, 0.25) is 0 Å². The smallest absolute Gasteiger partial charge is 0.164 e. The van der Waals surface area contributed by atoms with Crippen molar-refractivity contribution < 1.29 is 21.2 Å². The Bertz CT molecular complexity index is 3720. The Labute approximate surface area is 322 Å². The van der Waals surface area contributed by atoms with E-state index >= 15 is 0 Å². The minimum absolute atomic E-state index is 0.0148. The van der Waals surface area contributed by atoms with E-state index in [9.17, 15) is 1.37 Å². The van der Waals surface area contributed by atoms with E-state index in [4.69, 9.17) is 34.8 Å². The van der Waals surface area contributed by atoms with Crippen molar-refractivity contribution in [2.24, 2.45) is 0 Å². The molecule has 5 nitrogen and oxygen atoms in total. The zero-order valence-electron chi connectivity index (χ0n) is 37.2. The van der Waals surface area contributed by atoms with Crippen LogP contribution >= 0.6 is 0 Å². The Balaban J connectivity index is 1.09. The van der Waals surface area contributed by atoms with Crippen LogP contribution < -0.4 is 0 Å². The third-order valence-electron chi connectivity index (χ3n) is 9.69. The molecule has 0 spiro atoms. The molecule has 3 heterocycles. The van der Waals surface area contributed by atoms with Gasteiger partial charge in [-0.25, -0.2) is 15.0 Å². The number of hydrogen-bond acceptors (Lipinski definition) is 5. The topological polar surface area (TPSA) is 65.0 Å². The van der Waals surface area contributed by atoms with Crippen LogP contribution in [0.5, 0.6) is 0 Å². The summed E-state index contributed by atoms with van der Waals surface area (Å²) in [6.07, 6.45) is 0. The minimum atomic E-state index is -0.524. The molecule has 0 unspecified atom stereocenters. The highest BCUT2D eigenvalue weighted by atomic mass is 16.3. The second-order valence-corrected chi connectivity index (χ2v) is 12.9. The molecule has 54 heavy (non-hydrogen) atoms. The summed E-state index contributed by atoms with van der Waals surface area (Å²) in [6, 6.07) is 34.6. The van der Waals surface area contributed by atoms with Crippen molar-refractivity contribution in [2.45, 2.75) is 0 Å². The SMILES string of the molecule is [2H]c1c([2H])c([2H])c2c(oc3c4c([2H])c([2H])c([2H])c([2H])c4c(-c4ccc(-c5nc(-c6ccccc6)nc(-c6ccc7c(c6)oc6cccc(-c8ccccc8)c67)n5)cc4)c([2H])c32)c1[2H]. The molecule has 0 aliphatic carbocycles. The van der Waals surface area contributed by atoms with E-state index in [2.05, 4.69) is 18.2 Å². The molecule has 0 bridgehead atoms. The van der Waals surface area contributed by atoms with Crippen LogP contribution in [0.3, 0.4) is 0 Å². The highest BCUT2D eigenvalue weighted by molar-refractivity contribution is 6.19. The number of rotatable bonds is 5. The predicted octanol–water partition coefficient (Wildman–Crippen LogP) is 13.2. The molecule has 0 fully saturated rings. The summed E-state index contributed by atoms with van der Waals surface area (Å²) >= 11 is 0. The average molecular weight is 701 g/mol. The number of hydrogen-bond donors (Lipinski definition) is 0. The third kappa shape index (κ3) is 4.90. The van der Waals surface area contributed by atoms with Crippen LogP contribution in [-0.2, 0) is 0 Å². The van der Waals surface area contributed by atoms with Gasteiger partial charge < -0.3 is 8.83 Å². The predicted molar refractivity (Wildman–Crippen MR) is 219 cm³/mol. The largest absolute Gasteiger partial charge is 0.456 e. The Kier molecular flexibility index (Phi) is 5.06. The minimum Gasteiger partial charge on any atom is -0.456 e. The molecular weight excluding hydrogens is 663 g/mol. The molecule has 0 amide bonds. The highest BCUT2D eigenvalue weighted by Gasteiger charge is 2.18. The van der Waals surface area contributed by atoms with Crippen molar-refractivity contribution in [3.63, 3.8) is 0 Å². The van der Waals surface area contributed by atoms with Gasteiger partial charge in [-0.2, -0.15) is 0 Å². The van der Waals surface area contributed by atoms with Crippen LogP contribution in [0.15, 0.2) is 185 Å². The third-order valence-corrected chi connectivity index (χ3v) is 9.69. The normalized spacial score (nSPS) is 14.0. The summed E-state index contributed by atoms with van der Waals surface area (Å²) in [5.41, 5.74) is 5.88. The van der Waals surface area contributed by atoms with E-state index in [1.165, 1.54) is 0 Å². The van der Waals surface area contributed by atoms with Gasteiger partial charge in [0, 0.05) is 43.6 Å². The van der Waals surface area contributed by atoms with Crippen LogP contribution in [-0.4, -0.2) is 15.0 Å². The van der Waals surface area contributed by atoms with E-state index < -0.39 is 48.3 Å². The number of para-hydroxylation sites is 1. The summed E-state index contributed by atoms with van der Waals surface area (Å²) in [4.78, 5) is 14.8. The van der Waals surface area contributed by atoms with Gasteiger partial charge in [0.25, 0.3) is 0 Å². The highest BCUT2D eigenvalue weighted by Crippen LogP contribution is 2.41. The van der Waals surface area contributed by atoms with E-state index in [1.807, 2.05) is 78.9 Å². The Morgan fingerprint density at radius 3 is 1.74 bits per heavy atom. The van der Waals surface area contributed by atoms with Crippen LogP contribution in [0.2, 0.25) is 0 Å². The standard InChI is InChI=1S/C49H29N3O2/c1-3-12-30(13-4-1)35-19-11-21-43-45(35)39-27-26-34(28-44(39)53-43)49-51-47(32-14-5-2-6-15-32)50-48(52-49)33-24-22-31(23-25-33)40-29-41-37-17-9-10-20-42(37)54-46(41)38-18-8-7-16-36(38)40/h1-29H/i7D,8D,9D,10D,16D,17D,18D,20D,29D. The summed E-state index contributed by atoms with van der Waals surface area (Å²) in [5, 5.41) is 1.92. The molecule has 5 heteroatoms. The van der Waals surface area contributed by atoms with Crippen LogP contribution in [0.25, 0.3) is 111 Å². The van der Waals surface area contributed by atoms with Crippen LogP contribution in [0, 0.1) is 0 Å². The Hall–Kier alpha value is -7.37. The number of aromatic nitrogens is 3. The molecule has 0 aliphatic heterocycles. The van der Waals surface area contributed by atoms with Gasteiger partial charge in [-0.05, 0) is 57.9 Å². The second-order valence-electron chi connectivity index (χ2n) is 12.9. The molecule has 11 aromatic rings. The van der Waals surface area contributed by atoms with Gasteiger partial charge in [0.05, 0.1) is 12.3 Å². The molecule has 0 saturated carbocycles. The van der Waals surface area contributed by atoms with Crippen molar-refractivity contribution in [2.75, 3.05) is 0 Å². The van der Waals surface area contributed by atoms with Crippen molar-refractivity contribution >= 4 is 54.6 Å². The van der Waals surface area contributed by atoms with Gasteiger partial charge in [-0.15, -0.1) is 0 Å². The van der Waals surface area contributed by atoms with Crippen LogP contribution in [0.4, 0.5) is 0 Å². The van der Waals surface area contributed by atoms with Crippen molar-refractivity contribution in [1.29, 1.82) is 0 Å². The fourth-order valence-electron chi connectivity index (χ4n) is 7.15. The van der Waals surface area contributed by atoms with Gasteiger partial charge in [-0.1, -0.05) is 145 Å². The number of nitrogens with zero attached hydrogens (tertiary/aromatic N) is 3. The molecular formula is C49H29N3O2. The Morgan fingerprint density at radius 2 is 0.981 bits per heavy atom. The first-order valence-electron chi connectivity index (χ1n) is 21.8. The number of fused-ring (bicyclic) bond motifs is 8. The van der Waals surface area contributed by atoms with Crippen molar-refractivity contribution in [3.8, 4) is 56.4 Å². The van der Waals surface area contributed by atoms with E-state index in [1.54, 1.807) is 24.3 Å². The molecule has 11 rings (SSSR count). The van der Waals surface area contributed by atoms with E-state index in [0.29, 0.717) is 39.7 Å². The first-order chi connectivity index (χ1) is 30.5.